The molecule has 1 aromatic heterocycles. The third kappa shape index (κ3) is 6.71. The molecular formula is C28H27N3O5S2. The number of thiophene rings is 1. The summed E-state index contributed by atoms with van der Waals surface area (Å²) in [5.41, 5.74) is 3.96. The monoisotopic (exact) mass is 549 g/mol. The van der Waals surface area contributed by atoms with Crippen molar-refractivity contribution in [1.29, 1.82) is 0 Å². The predicted molar refractivity (Wildman–Crippen MR) is 150 cm³/mol. The molecule has 1 N–H and O–H groups in total. The highest BCUT2D eigenvalue weighted by Gasteiger charge is 2.19. The van der Waals surface area contributed by atoms with Gasteiger partial charge >= 0.3 is 0 Å². The first-order valence-electron chi connectivity index (χ1n) is 12.0. The maximum absolute atomic E-state index is 13.4. The van der Waals surface area contributed by atoms with Crippen molar-refractivity contribution < 1.29 is 18.1 Å². The topological polar surface area (TPSA) is 110 Å². The molecule has 0 aliphatic heterocycles. The Bertz CT molecular complexity index is 1500. The van der Waals surface area contributed by atoms with E-state index in [0.717, 1.165) is 22.3 Å². The third-order valence-electron chi connectivity index (χ3n) is 5.92. The summed E-state index contributed by atoms with van der Waals surface area (Å²) in [5.74, 6) is -0.109. The molecule has 38 heavy (non-hydrogen) atoms. The molecule has 1 heterocycles. The Balaban J connectivity index is 1.63. The lowest BCUT2D eigenvalue weighted by Gasteiger charge is -2.24. The van der Waals surface area contributed by atoms with Crippen molar-refractivity contribution in [2.45, 2.75) is 31.2 Å². The van der Waals surface area contributed by atoms with Gasteiger partial charge in [0.25, 0.3) is 5.69 Å². The van der Waals surface area contributed by atoms with Crippen molar-refractivity contribution in [3.63, 3.8) is 0 Å². The van der Waals surface area contributed by atoms with Crippen molar-refractivity contribution in [3.05, 3.63) is 111 Å². The van der Waals surface area contributed by atoms with Gasteiger partial charge < -0.3 is 4.90 Å². The molecule has 8 nitrogen and oxygen atoms in total. The van der Waals surface area contributed by atoms with Crippen LogP contribution in [0.3, 0.4) is 0 Å². The largest absolute Gasteiger partial charge is 0.308 e. The average molecular weight is 550 g/mol. The Morgan fingerprint density at radius 2 is 1.71 bits per heavy atom. The van der Waals surface area contributed by atoms with Crippen molar-refractivity contribution in [3.8, 4) is 11.1 Å². The van der Waals surface area contributed by atoms with Gasteiger partial charge in [-0.25, -0.2) is 13.1 Å². The minimum atomic E-state index is -3.57. The molecular weight excluding hydrogens is 522 g/mol. The number of nitrogens with zero attached hydrogens (tertiary/aromatic N) is 2. The Kier molecular flexibility index (Phi) is 8.67. The standard InChI is InChI=1S/C28H27N3O5S2/c1-2-15-29-38(35,36)27-12-8-23(9-13-27)24-4-3-5-26(18-24)30(28(32)17-22-14-16-37-20-22)19-21-6-10-25(11-7-21)31(33)34/h3-14,16,18,20,29H,2,15,17,19H2,1H3. The molecule has 0 aliphatic rings. The SMILES string of the molecule is CCCNS(=O)(=O)c1ccc(-c2cccc(N(Cc3ccc([N+](=O)[O-])cc3)C(=O)Cc3ccsc3)c2)cc1. The molecule has 3 aromatic carbocycles. The lowest BCUT2D eigenvalue weighted by atomic mass is 10.0. The molecule has 0 atom stereocenters. The number of benzene rings is 3. The molecule has 0 saturated heterocycles. The van der Waals surface area contributed by atoms with Crippen LogP contribution >= 0.6 is 11.3 Å². The molecule has 4 aromatic rings. The van der Waals surface area contributed by atoms with Crippen LogP contribution in [0.15, 0.2) is 94.5 Å². The predicted octanol–water partition coefficient (Wildman–Crippen LogP) is 5.79. The number of anilines is 1. The van der Waals surface area contributed by atoms with Crippen LogP contribution < -0.4 is 9.62 Å². The number of nitro groups is 1. The van der Waals surface area contributed by atoms with Crippen LogP contribution in [-0.2, 0) is 27.8 Å². The zero-order chi connectivity index (χ0) is 27.1. The van der Waals surface area contributed by atoms with E-state index in [1.807, 2.05) is 48.0 Å². The molecule has 0 bridgehead atoms. The zero-order valence-corrected chi connectivity index (χ0v) is 22.4. The lowest BCUT2D eigenvalue weighted by Crippen LogP contribution is -2.31. The van der Waals surface area contributed by atoms with Gasteiger partial charge in [0.15, 0.2) is 0 Å². The van der Waals surface area contributed by atoms with Crippen LogP contribution in [0.25, 0.3) is 11.1 Å². The van der Waals surface area contributed by atoms with Gasteiger partial charge in [0.05, 0.1) is 22.8 Å². The normalized spacial score (nSPS) is 11.3. The summed E-state index contributed by atoms with van der Waals surface area (Å²) in [6.45, 7) is 2.51. The van der Waals surface area contributed by atoms with E-state index in [1.54, 1.807) is 41.3 Å². The van der Waals surface area contributed by atoms with E-state index in [-0.39, 0.29) is 29.5 Å². The summed E-state index contributed by atoms with van der Waals surface area (Å²) in [4.78, 5) is 25.9. The minimum absolute atomic E-state index is 0.0118. The quantitative estimate of drug-likeness (QED) is 0.188. The smallest absolute Gasteiger partial charge is 0.269 e. The van der Waals surface area contributed by atoms with Crippen LogP contribution in [0, 0.1) is 10.1 Å². The van der Waals surface area contributed by atoms with Gasteiger partial charge in [-0.1, -0.05) is 43.3 Å². The molecule has 0 fully saturated rings. The number of hydrogen-bond acceptors (Lipinski definition) is 6. The fourth-order valence-electron chi connectivity index (χ4n) is 3.89. The molecule has 0 spiro atoms. The van der Waals surface area contributed by atoms with Crippen LogP contribution in [-0.4, -0.2) is 25.8 Å². The summed E-state index contributed by atoms with van der Waals surface area (Å²) in [5, 5.41) is 14.9. The van der Waals surface area contributed by atoms with Gasteiger partial charge in [-0.3, -0.25) is 14.9 Å². The summed E-state index contributed by atoms with van der Waals surface area (Å²) in [6.07, 6.45) is 0.920. The van der Waals surface area contributed by atoms with Crippen molar-refractivity contribution in [2.75, 3.05) is 11.4 Å². The Morgan fingerprint density at radius 3 is 2.34 bits per heavy atom. The maximum Gasteiger partial charge on any atom is 0.269 e. The van der Waals surface area contributed by atoms with Crippen LogP contribution in [0.5, 0.6) is 0 Å². The highest BCUT2D eigenvalue weighted by atomic mass is 32.2. The maximum atomic E-state index is 13.4. The molecule has 0 aliphatic carbocycles. The van der Waals surface area contributed by atoms with Gasteiger partial charge in [0.1, 0.15) is 0 Å². The molecule has 0 unspecified atom stereocenters. The van der Waals surface area contributed by atoms with E-state index < -0.39 is 14.9 Å². The van der Waals surface area contributed by atoms with Gasteiger partial charge in [-0.05, 0) is 69.8 Å². The van der Waals surface area contributed by atoms with Crippen LogP contribution in [0.4, 0.5) is 11.4 Å². The minimum Gasteiger partial charge on any atom is -0.308 e. The van der Waals surface area contributed by atoms with E-state index in [9.17, 15) is 23.3 Å². The molecule has 0 saturated carbocycles. The number of hydrogen-bond donors (Lipinski definition) is 1. The number of nitrogens with one attached hydrogen (secondary N) is 1. The first kappa shape index (κ1) is 27.2. The van der Waals surface area contributed by atoms with Gasteiger partial charge in [0.2, 0.25) is 15.9 Å². The summed E-state index contributed by atoms with van der Waals surface area (Å²) in [7, 11) is -3.57. The Hall–Kier alpha value is -3.86. The van der Waals surface area contributed by atoms with Gasteiger partial charge in [0, 0.05) is 24.4 Å². The number of carbonyl (C=O) groups is 1. The summed E-state index contributed by atoms with van der Waals surface area (Å²) < 4.78 is 27.4. The van der Waals surface area contributed by atoms with Gasteiger partial charge in [-0.15, -0.1) is 0 Å². The van der Waals surface area contributed by atoms with E-state index in [0.29, 0.717) is 18.7 Å². The van der Waals surface area contributed by atoms with Crippen molar-refractivity contribution in [2.24, 2.45) is 0 Å². The fourth-order valence-corrected chi connectivity index (χ4v) is 5.69. The highest BCUT2D eigenvalue weighted by Crippen LogP contribution is 2.28. The summed E-state index contributed by atoms with van der Waals surface area (Å²) in [6, 6.07) is 22.2. The lowest BCUT2D eigenvalue weighted by molar-refractivity contribution is -0.384. The van der Waals surface area contributed by atoms with E-state index in [1.165, 1.54) is 23.5 Å². The summed E-state index contributed by atoms with van der Waals surface area (Å²) >= 11 is 1.52. The molecule has 196 valence electrons. The molecule has 10 heteroatoms. The number of non-ortho nitro benzene ring substituents is 1. The molecule has 0 radical (unpaired) electrons. The first-order valence-corrected chi connectivity index (χ1v) is 14.4. The zero-order valence-electron chi connectivity index (χ0n) is 20.7. The van der Waals surface area contributed by atoms with E-state index in [2.05, 4.69) is 4.72 Å². The highest BCUT2D eigenvalue weighted by molar-refractivity contribution is 7.89. The van der Waals surface area contributed by atoms with Crippen molar-refractivity contribution >= 4 is 38.6 Å². The number of carbonyl (C=O) groups excluding carboxylic acids is 1. The Morgan fingerprint density at radius 1 is 0.974 bits per heavy atom. The molecule has 1 amide bonds. The Labute approximate surface area is 225 Å². The van der Waals surface area contributed by atoms with Crippen LogP contribution in [0.1, 0.15) is 24.5 Å². The third-order valence-corrected chi connectivity index (χ3v) is 8.13. The number of nitro benzene ring substituents is 1. The fraction of sp³-hybridized carbons (Fsp3) is 0.179. The van der Waals surface area contributed by atoms with E-state index in [4.69, 9.17) is 0 Å². The molecule has 4 rings (SSSR count). The number of rotatable bonds is 11. The van der Waals surface area contributed by atoms with E-state index >= 15 is 0 Å². The van der Waals surface area contributed by atoms with Crippen LogP contribution in [0.2, 0.25) is 0 Å². The second-order valence-corrected chi connectivity index (χ2v) is 11.2. The second kappa shape index (κ2) is 12.1. The number of amides is 1. The first-order chi connectivity index (χ1) is 18.3. The average Bonchev–Trinajstić information content (AvgIpc) is 3.44. The van der Waals surface area contributed by atoms with Gasteiger partial charge in [-0.2, -0.15) is 11.3 Å². The number of sulfonamides is 1. The second-order valence-electron chi connectivity index (χ2n) is 8.68. The van der Waals surface area contributed by atoms with Crippen molar-refractivity contribution in [1.82, 2.24) is 4.72 Å².